The van der Waals surface area contributed by atoms with Crippen LogP contribution in [0, 0.1) is 12.8 Å². The van der Waals surface area contributed by atoms with Gasteiger partial charge in [-0.25, -0.2) is 0 Å². The van der Waals surface area contributed by atoms with E-state index in [2.05, 4.69) is 10.1 Å². The van der Waals surface area contributed by atoms with Gasteiger partial charge in [0.1, 0.15) is 0 Å². The highest BCUT2D eigenvalue weighted by atomic mass is 19.3. The van der Waals surface area contributed by atoms with E-state index in [0.29, 0.717) is 11.5 Å². The summed E-state index contributed by atoms with van der Waals surface area (Å²) in [7, 11) is 1.37. The van der Waals surface area contributed by atoms with Gasteiger partial charge in [-0.3, -0.25) is 4.79 Å². The van der Waals surface area contributed by atoms with Crippen molar-refractivity contribution in [2.24, 2.45) is 5.92 Å². The predicted octanol–water partition coefficient (Wildman–Crippen LogP) is 4.89. The van der Waals surface area contributed by atoms with Gasteiger partial charge in [0.2, 0.25) is 5.91 Å². The fraction of sp³-hybridized carbons (Fsp3) is 0.318. The molecule has 0 aromatic heterocycles. The first-order valence-corrected chi connectivity index (χ1v) is 9.15. The Labute approximate surface area is 163 Å². The number of carbonyl (C=O) groups excluding carboxylic acids is 1. The fourth-order valence-electron chi connectivity index (χ4n) is 3.08. The molecule has 3 rings (SSSR count). The number of rotatable bonds is 8. The monoisotopic (exact) mass is 387 g/mol. The van der Waals surface area contributed by atoms with E-state index in [0.717, 1.165) is 24.0 Å². The molecule has 6 heteroatoms. The van der Waals surface area contributed by atoms with E-state index in [9.17, 15) is 13.6 Å². The largest absolute Gasteiger partial charge is 0.493 e. The van der Waals surface area contributed by atoms with Crippen molar-refractivity contribution < 1.29 is 23.0 Å². The Morgan fingerprint density at radius 2 is 1.89 bits per heavy atom. The van der Waals surface area contributed by atoms with Crippen molar-refractivity contribution in [2.75, 3.05) is 7.11 Å². The normalized spacial score (nSPS) is 14.9. The Kier molecular flexibility index (Phi) is 6.29. The lowest BCUT2D eigenvalue weighted by atomic mass is 10.0. The third-order valence-electron chi connectivity index (χ3n) is 4.68. The molecular formula is C22H23F2NO3. The van der Waals surface area contributed by atoms with Crippen molar-refractivity contribution in [3.05, 3.63) is 65.2 Å². The third kappa shape index (κ3) is 5.09. The van der Waals surface area contributed by atoms with Crippen molar-refractivity contribution in [3.63, 3.8) is 0 Å². The van der Waals surface area contributed by atoms with Crippen LogP contribution in [-0.2, 0) is 4.79 Å². The van der Waals surface area contributed by atoms with Crippen LogP contribution in [0.3, 0.4) is 0 Å². The molecule has 4 nitrogen and oxygen atoms in total. The van der Waals surface area contributed by atoms with E-state index >= 15 is 0 Å². The van der Waals surface area contributed by atoms with Gasteiger partial charge in [-0.2, -0.15) is 8.78 Å². The Balaban J connectivity index is 1.75. The fourth-order valence-corrected chi connectivity index (χ4v) is 3.08. The molecule has 1 fully saturated rings. The molecule has 0 radical (unpaired) electrons. The minimum Gasteiger partial charge on any atom is -0.493 e. The SMILES string of the molecule is COc1cccc(/C=C/C(=O)N[C@@H](c2ccc(C)cc2)C2CC2)c1OC(F)F. The molecule has 1 saturated carbocycles. The molecule has 2 aromatic carbocycles. The van der Waals surface area contributed by atoms with Gasteiger partial charge in [0.25, 0.3) is 0 Å². The van der Waals surface area contributed by atoms with E-state index in [4.69, 9.17) is 4.74 Å². The summed E-state index contributed by atoms with van der Waals surface area (Å²) in [5, 5.41) is 3.03. The highest BCUT2D eigenvalue weighted by Crippen LogP contribution is 2.41. The number of aryl methyl sites for hydroxylation is 1. The van der Waals surface area contributed by atoms with Gasteiger partial charge in [-0.1, -0.05) is 42.0 Å². The molecule has 0 heterocycles. The molecule has 0 unspecified atom stereocenters. The molecule has 0 bridgehead atoms. The number of nitrogens with one attached hydrogen (secondary N) is 1. The Morgan fingerprint density at radius 3 is 2.50 bits per heavy atom. The summed E-state index contributed by atoms with van der Waals surface area (Å²) in [6.07, 6.45) is 4.93. The number of methoxy groups -OCH3 is 1. The standard InChI is InChI=1S/C22H23F2NO3/c1-14-6-8-15(9-7-14)20(16-10-11-16)25-19(26)13-12-17-4-3-5-18(27-2)21(17)28-22(23)24/h3-9,12-13,16,20,22H,10-11H2,1-2H3,(H,25,26)/b13-12+/t20-/m0/s1. The average molecular weight is 387 g/mol. The Bertz CT molecular complexity index is 845. The number of amides is 1. The molecule has 1 atom stereocenters. The summed E-state index contributed by atoms with van der Waals surface area (Å²) in [5.41, 5.74) is 2.57. The summed E-state index contributed by atoms with van der Waals surface area (Å²) in [6, 6.07) is 12.8. The Morgan fingerprint density at radius 1 is 1.18 bits per heavy atom. The number of alkyl halides is 2. The van der Waals surface area contributed by atoms with Gasteiger partial charge in [0, 0.05) is 11.6 Å². The summed E-state index contributed by atoms with van der Waals surface area (Å²) in [5.74, 6) is 0.220. The van der Waals surface area contributed by atoms with Crippen molar-refractivity contribution in [2.45, 2.75) is 32.4 Å². The number of hydrogen-bond donors (Lipinski definition) is 1. The lowest BCUT2D eigenvalue weighted by Crippen LogP contribution is -2.28. The quantitative estimate of drug-likeness (QED) is 0.657. The van der Waals surface area contributed by atoms with E-state index in [-0.39, 0.29) is 23.4 Å². The summed E-state index contributed by atoms with van der Waals surface area (Å²) >= 11 is 0. The van der Waals surface area contributed by atoms with Gasteiger partial charge in [0.15, 0.2) is 11.5 Å². The maximum Gasteiger partial charge on any atom is 0.387 e. The zero-order valence-electron chi connectivity index (χ0n) is 15.8. The van der Waals surface area contributed by atoms with E-state index in [1.165, 1.54) is 25.3 Å². The van der Waals surface area contributed by atoms with Crippen molar-refractivity contribution in [3.8, 4) is 11.5 Å². The van der Waals surface area contributed by atoms with Gasteiger partial charge >= 0.3 is 6.61 Å². The predicted molar refractivity (Wildman–Crippen MR) is 103 cm³/mol. The molecule has 1 aliphatic rings. The highest BCUT2D eigenvalue weighted by Gasteiger charge is 2.33. The number of para-hydroxylation sites is 1. The first-order chi connectivity index (χ1) is 13.5. The zero-order valence-corrected chi connectivity index (χ0v) is 15.8. The van der Waals surface area contributed by atoms with Crippen LogP contribution < -0.4 is 14.8 Å². The molecule has 1 aliphatic carbocycles. The van der Waals surface area contributed by atoms with Gasteiger partial charge < -0.3 is 14.8 Å². The maximum absolute atomic E-state index is 12.7. The molecule has 1 amide bonds. The third-order valence-corrected chi connectivity index (χ3v) is 4.68. The number of halogens is 2. The average Bonchev–Trinajstić information content (AvgIpc) is 3.50. The van der Waals surface area contributed by atoms with Crippen LogP contribution in [0.1, 0.15) is 35.6 Å². The smallest absolute Gasteiger partial charge is 0.387 e. The number of ether oxygens (including phenoxy) is 2. The first-order valence-electron chi connectivity index (χ1n) is 9.15. The number of carbonyl (C=O) groups is 1. The number of hydrogen-bond acceptors (Lipinski definition) is 3. The second-order valence-corrected chi connectivity index (χ2v) is 6.82. The van der Waals surface area contributed by atoms with E-state index < -0.39 is 6.61 Å². The minimum atomic E-state index is -2.99. The van der Waals surface area contributed by atoms with Gasteiger partial charge in [-0.05, 0) is 43.4 Å². The van der Waals surface area contributed by atoms with Crippen molar-refractivity contribution >= 4 is 12.0 Å². The minimum absolute atomic E-state index is 0.0557. The lowest BCUT2D eigenvalue weighted by Gasteiger charge is -2.18. The van der Waals surface area contributed by atoms with Crippen molar-refractivity contribution in [1.82, 2.24) is 5.32 Å². The second kappa shape index (κ2) is 8.87. The molecule has 28 heavy (non-hydrogen) atoms. The first kappa shape index (κ1) is 19.9. The van der Waals surface area contributed by atoms with Crippen LogP contribution in [0.5, 0.6) is 11.5 Å². The highest BCUT2D eigenvalue weighted by molar-refractivity contribution is 5.92. The van der Waals surface area contributed by atoms with Crippen LogP contribution in [0.15, 0.2) is 48.5 Å². The second-order valence-electron chi connectivity index (χ2n) is 6.82. The van der Waals surface area contributed by atoms with Crippen LogP contribution in [0.25, 0.3) is 6.08 Å². The van der Waals surface area contributed by atoms with Crippen LogP contribution >= 0.6 is 0 Å². The van der Waals surface area contributed by atoms with Crippen molar-refractivity contribution in [1.29, 1.82) is 0 Å². The van der Waals surface area contributed by atoms with Gasteiger partial charge in [0.05, 0.1) is 13.2 Å². The van der Waals surface area contributed by atoms with E-state index in [1.807, 2.05) is 31.2 Å². The zero-order chi connectivity index (χ0) is 20.1. The molecular weight excluding hydrogens is 364 g/mol. The van der Waals surface area contributed by atoms with E-state index in [1.54, 1.807) is 12.1 Å². The van der Waals surface area contributed by atoms with Crippen LogP contribution in [0.2, 0.25) is 0 Å². The van der Waals surface area contributed by atoms with Crippen LogP contribution in [0.4, 0.5) is 8.78 Å². The summed E-state index contributed by atoms with van der Waals surface area (Å²) in [6.45, 7) is -0.970. The summed E-state index contributed by atoms with van der Waals surface area (Å²) < 4.78 is 35.1. The lowest BCUT2D eigenvalue weighted by molar-refractivity contribution is -0.117. The van der Waals surface area contributed by atoms with Crippen LogP contribution in [-0.4, -0.2) is 19.6 Å². The topological polar surface area (TPSA) is 47.6 Å². The molecule has 148 valence electrons. The molecule has 0 aliphatic heterocycles. The Hall–Kier alpha value is -2.89. The molecule has 1 N–H and O–H groups in total. The van der Waals surface area contributed by atoms with Gasteiger partial charge in [-0.15, -0.1) is 0 Å². The molecule has 2 aromatic rings. The summed E-state index contributed by atoms with van der Waals surface area (Å²) in [4.78, 5) is 12.5. The maximum atomic E-state index is 12.7. The molecule has 0 saturated heterocycles. The number of benzene rings is 2. The molecule has 0 spiro atoms.